The topological polar surface area (TPSA) is 92.2 Å². The zero-order valence-corrected chi connectivity index (χ0v) is 18.9. The first-order valence-electron chi connectivity index (χ1n) is 9.98. The number of aliphatic hydroxyl groups is 1. The number of hydrogen-bond acceptors (Lipinski definition) is 6. The number of hydrogen-bond donors (Lipinski definition) is 3. The van der Waals surface area contributed by atoms with Gasteiger partial charge in [0.25, 0.3) is 5.91 Å². The van der Waals surface area contributed by atoms with Crippen molar-refractivity contribution in [1.82, 2.24) is 10.9 Å². The Morgan fingerprint density at radius 3 is 2.61 bits per heavy atom. The molecule has 31 heavy (non-hydrogen) atoms. The number of amides is 1. The fraction of sp³-hybridized carbons (Fsp3) is 0.304. The van der Waals surface area contributed by atoms with Crippen molar-refractivity contribution >= 4 is 27.7 Å². The molecule has 0 saturated carbocycles. The van der Waals surface area contributed by atoms with Crippen LogP contribution in [0.5, 0.6) is 5.75 Å². The fourth-order valence-electron chi connectivity index (χ4n) is 3.39. The molecule has 0 aliphatic carbocycles. The minimum atomic E-state index is -1.20. The molecule has 1 aliphatic heterocycles. The molecule has 164 valence electrons. The van der Waals surface area contributed by atoms with Gasteiger partial charge in [0, 0.05) is 36.5 Å². The fourth-order valence-corrected chi connectivity index (χ4v) is 3.66. The van der Waals surface area contributed by atoms with Crippen molar-refractivity contribution < 1.29 is 19.4 Å². The first-order valence-corrected chi connectivity index (χ1v) is 10.8. The average molecular weight is 488 g/mol. The van der Waals surface area contributed by atoms with E-state index >= 15 is 0 Å². The highest BCUT2D eigenvalue weighted by atomic mass is 79.9. The molecule has 1 heterocycles. The third kappa shape index (κ3) is 5.15. The highest BCUT2D eigenvalue weighted by Gasteiger charge is 2.52. The maximum Gasteiger partial charge on any atom is 0.266 e. The summed E-state index contributed by atoms with van der Waals surface area (Å²) >= 11 is 3.44. The highest BCUT2D eigenvalue weighted by Crippen LogP contribution is 2.42. The van der Waals surface area contributed by atoms with Crippen LogP contribution in [0.1, 0.15) is 30.1 Å². The van der Waals surface area contributed by atoms with Gasteiger partial charge in [0.2, 0.25) is 5.90 Å². The lowest BCUT2D eigenvalue weighted by Gasteiger charge is -2.29. The number of benzene rings is 2. The van der Waals surface area contributed by atoms with Crippen molar-refractivity contribution in [2.75, 3.05) is 20.3 Å². The molecular weight excluding hydrogens is 462 g/mol. The molecule has 1 aliphatic rings. The van der Waals surface area contributed by atoms with Gasteiger partial charge in [-0.25, -0.2) is 10.4 Å². The van der Waals surface area contributed by atoms with Crippen molar-refractivity contribution in [1.29, 1.82) is 0 Å². The molecular formula is C23H26BrN3O4. The van der Waals surface area contributed by atoms with E-state index in [0.29, 0.717) is 31.1 Å². The summed E-state index contributed by atoms with van der Waals surface area (Å²) in [6.07, 6.45) is 1.92. The smallest absolute Gasteiger partial charge is 0.266 e. The predicted octanol–water partition coefficient (Wildman–Crippen LogP) is 3.29. The van der Waals surface area contributed by atoms with E-state index in [2.05, 4.69) is 33.4 Å². The molecule has 0 spiro atoms. The SMILES string of the molecule is C=CC[C@]1(C(=O)NNC)N=C(c2ccc(OCCCO)cc2)O[C@H]1c1ccc(Br)cc1. The molecule has 0 fully saturated rings. The van der Waals surface area contributed by atoms with Gasteiger partial charge in [-0.1, -0.05) is 34.1 Å². The zero-order chi connectivity index (χ0) is 22.3. The second kappa shape index (κ2) is 10.6. The second-order valence-corrected chi connectivity index (χ2v) is 7.95. The molecule has 0 unspecified atom stereocenters. The van der Waals surface area contributed by atoms with Crippen LogP contribution in [-0.2, 0) is 9.53 Å². The lowest BCUT2D eigenvalue weighted by molar-refractivity contribution is -0.129. The number of halogens is 1. The summed E-state index contributed by atoms with van der Waals surface area (Å²) < 4.78 is 12.8. The number of ether oxygens (including phenoxy) is 2. The molecule has 0 bridgehead atoms. The normalized spacial score (nSPS) is 20.0. The van der Waals surface area contributed by atoms with Gasteiger partial charge in [-0.3, -0.25) is 10.2 Å². The van der Waals surface area contributed by atoms with Crippen LogP contribution in [0.15, 0.2) is 70.7 Å². The van der Waals surface area contributed by atoms with Crippen LogP contribution in [0.3, 0.4) is 0 Å². The third-order valence-electron chi connectivity index (χ3n) is 4.90. The number of hydrazine groups is 1. The summed E-state index contributed by atoms with van der Waals surface area (Å²) in [4.78, 5) is 17.9. The average Bonchev–Trinajstić information content (AvgIpc) is 3.16. The van der Waals surface area contributed by atoms with Crippen molar-refractivity contribution in [2.24, 2.45) is 4.99 Å². The van der Waals surface area contributed by atoms with Gasteiger partial charge in [-0.2, -0.15) is 0 Å². The van der Waals surface area contributed by atoms with Gasteiger partial charge in [0.05, 0.1) is 6.61 Å². The van der Waals surface area contributed by atoms with Crippen molar-refractivity contribution in [3.05, 3.63) is 76.8 Å². The number of aliphatic imine (C=N–C) groups is 1. The van der Waals surface area contributed by atoms with Crippen molar-refractivity contribution in [3.63, 3.8) is 0 Å². The van der Waals surface area contributed by atoms with Gasteiger partial charge in [0.15, 0.2) is 11.6 Å². The summed E-state index contributed by atoms with van der Waals surface area (Å²) in [7, 11) is 1.63. The van der Waals surface area contributed by atoms with Crippen LogP contribution in [0.25, 0.3) is 0 Å². The molecule has 0 saturated heterocycles. The van der Waals surface area contributed by atoms with Gasteiger partial charge < -0.3 is 14.6 Å². The minimum Gasteiger partial charge on any atom is -0.494 e. The summed E-state index contributed by atoms with van der Waals surface area (Å²) in [6, 6.07) is 14.9. The molecule has 0 aromatic heterocycles. The van der Waals surface area contributed by atoms with Gasteiger partial charge in [-0.05, 0) is 42.0 Å². The Balaban J connectivity index is 1.96. The number of carbonyl (C=O) groups excluding carboxylic acids is 1. The Kier molecular flexibility index (Phi) is 7.84. The second-order valence-electron chi connectivity index (χ2n) is 7.04. The minimum absolute atomic E-state index is 0.0836. The zero-order valence-electron chi connectivity index (χ0n) is 17.3. The maximum absolute atomic E-state index is 13.1. The summed E-state index contributed by atoms with van der Waals surface area (Å²) in [6.45, 7) is 4.35. The number of carbonyl (C=O) groups is 1. The number of nitrogens with zero attached hydrogens (tertiary/aromatic N) is 1. The van der Waals surface area contributed by atoms with Crippen LogP contribution < -0.4 is 15.6 Å². The van der Waals surface area contributed by atoms with E-state index in [4.69, 9.17) is 19.6 Å². The predicted molar refractivity (Wildman–Crippen MR) is 123 cm³/mol. The number of rotatable bonds is 10. The van der Waals surface area contributed by atoms with E-state index in [-0.39, 0.29) is 12.5 Å². The quantitative estimate of drug-likeness (QED) is 0.271. The molecule has 7 nitrogen and oxygen atoms in total. The van der Waals surface area contributed by atoms with Crippen LogP contribution in [0.4, 0.5) is 0 Å². The van der Waals surface area contributed by atoms with Crippen molar-refractivity contribution in [2.45, 2.75) is 24.5 Å². The molecule has 2 aromatic carbocycles. The Hall–Kier alpha value is -2.68. The standard InChI is InChI=1S/C23H26BrN3O4/c1-3-13-23(22(29)27-25-2)20(16-5-9-18(24)10-6-16)31-21(26-23)17-7-11-19(12-8-17)30-15-4-14-28/h3,5-12,20,25,28H,1,4,13-15H2,2H3,(H,27,29)/t20-,23-/m0/s1. The van der Waals surface area contributed by atoms with E-state index in [1.54, 1.807) is 13.1 Å². The number of nitrogens with one attached hydrogen (secondary N) is 2. The van der Waals surface area contributed by atoms with Crippen LogP contribution in [0.2, 0.25) is 0 Å². The molecule has 0 radical (unpaired) electrons. The first kappa shape index (κ1) is 23.0. The molecule has 3 N–H and O–H groups in total. The summed E-state index contributed by atoms with van der Waals surface area (Å²) in [5, 5.41) is 8.88. The van der Waals surface area contributed by atoms with E-state index in [0.717, 1.165) is 15.6 Å². The molecule has 3 rings (SSSR count). The van der Waals surface area contributed by atoms with Gasteiger partial charge in [0.1, 0.15) is 5.75 Å². The van der Waals surface area contributed by atoms with E-state index < -0.39 is 11.6 Å². The van der Waals surface area contributed by atoms with Gasteiger partial charge in [-0.15, -0.1) is 6.58 Å². The Morgan fingerprint density at radius 2 is 2.00 bits per heavy atom. The Bertz CT molecular complexity index is 931. The van der Waals surface area contributed by atoms with E-state index in [1.165, 1.54) is 0 Å². The van der Waals surface area contributed by atoms with Crippen LogP contribution in [-0.4, -0.2) is 42.7 Å². The summed E-state index contributed by atoms with van der Waals surface area (Å²) in [5.74, 6) is 0.759. The highest BCUT2D eigenvalue weighted by molar-refractivity contribution is 9.10. The summed E-state index contributed by atoms with van der Waals surface area (Å²) in [5.41, 5.74) is 5.72. The molecule has 1 amide bonds. The number of aliphatic hydroxyl groups excluding tert-OH is 1. The van der Waals surface area contributed by atoms with Crippen LogP contribution in [0, 0.1) is 0 Å². The molecule has 2 aromatic rings. The monoisotopic (exact) mass is 487 g/mol. The van der Waals surface area contributed by atoms with E-state index in [1.807, 2.05) is 48.5 Å². The van der Waals surface area contributed by atoms with Crippen molar-refractivity contribution in [3.8, 4) is 5.75 Å². The largest absolute Gasteiger partial charge is 0.494 e. The Morgan fingerprint density at radius 1 is 1.29 bits per heavy atom. The third-order valence-corrected chi connectivity index (χ3v) is 5.43. The Labute approximate surface area is 190 Å². The first-order chi connectivity index (χ1) is 15.0. The van der Waals surface area contributed by atoms with E-state index in [9.17, 15) is 4.79 Å². The van der Waals surface area contributed by atoms with Gasteiger partial charge >= 0.3 is 0 Å². The molecule has 2 atom stereocenters. The lowest BCUT2D eigenvalue weighted by Crippen LogP contribution is -2.51. The maximum atomic E-state index is 13.1. The lowest BCUT2D eigenvalue weighted by atomic mass is 9.84. The van der Waals surface area contributed by atoms with Crippen LogP contribution >= 0.6 is 15.9 Å². The molecule has 8 heteroatoms.